The van der Waals surface area contributed by atoms with Gasteiger partial charge < -0.3 is 24.3 Å². The van der Waals surface area contributed by atoms with Crippen molar-refractivity contribution in [1.82, 2.24) is 9.55 Å². The molecule has 1 aromatic rings. The minimum absolute atomic E-state index is 0.0549. The molecule has 0 bridgehead atoms. The molecular formula is C14H20N2O7. The maximum absolute atomic E-state index is 12.1. The number of aromatic nitrogens is 2. The standard InChI is InChI=1S/C14H20N2O7/c1-3-4-16-5-8(13(20)15-14(16)21)11-12(22-7(2)18)10(19)9(6-17)23-11/h5,9-12,17,19H,3-4,6H2,1-2H3,(H,15,20,21)/t9-,10-,11+,12-/m1/s1. The maximum Gasteiger partial charge on any atom is 0.328 e. The fourth-order valence-electron chi connectivity index (χ4n) is 2.60. The molecule has 1 saturated heterocycles. The molecule has 0 amide bonds. The number of aromatic amines is 1. The zero-order valence-corrected chi connectivity index (χ0v) is 12.9. The number of aliphatic hydroxyl groups excluding tert-OH is 2. The highest BCUT2D eigenvalue weighted by molar-refractivity contribution is 5.66. The Balaban J connectivity index is 2.45. The van der Waals surface area contributed by atoms with Gasteiger partial charge in [0.15, 0.2) is 6.10 Å². The Morgan fingerprint density at radius 2 is 2.17 bits per heavy atom. The van der Waals surface area contributed by atoms with Crippen LogP contribution < -0.4 is 11.2 Å². The highest BCUT2D eigenvalue weighted by Crippen LogP contribution is 2.34. The van der Waals surface area contributed by atoms with Gasteiger partial charge in [-0.2, -0.15) is 0 Å². The summed E-state index contributed by atoms with van der Waals surface area (Å²) in [6.07, 6.45) is -2.48. The first-order chi connectivity index (χ1) is 10.9. The molecule has 1 aliphatic heterocycles. The third-order valence-electron chi connectivity index (χ3n) is 3.63. The van der Waals surface area contributed by atoms with E-state index in [1.165, 1.54) is 10.8 Å². The molecule has 23 heavy (non-hydrogen) atoms. The number of ether oxygens (including phenoxy) is 2. The van der Waals surface area contributed by atoms with Crippen LogP contribution in [0.3, 0.4) is 0 Å². The normalized spacial score (nSPS) is 27.1. The van der Waals surface area contributed by atoms with Crippen LogP contribution in [0.25, 0.3) is 0 Å². The summed E-state index contributed by atoms with van der Waals surface area (Å²) in [5.74, 6) is -0.653. The summed E-state index contributed by atoms with van der Waals surface area (Å²) in [7, 11) is 0. The fourth-order valence-corrected chi connectivity index (χ4v) is 2.60. The first-order valence-electron chi connectivity index (χ1n) is 7.34. The Hall–Kier alpha value is -1.97. The molecule has 4 atom stereocenters. The molecule has 1 aliphatic rings. The molecule has 1 fully saturated rings. The number of esters is 1. The third kappa shape index (κ3) is 3.52. The molecule has 9 nitrogen and oxygen atoms in total. The lowest BCUT2D eigenvalue weighted by molar-refractivity contribution is -0.153. The van der Waals surface area contributed by atoms with Crippen LogP contribution in [0.15, 0.2) is 15.8 Å². The van der Waals surface area contributed by atoms with Crippen LogP contribution in [-0.2, 0) is 20.8 Å². The van der Waals surface area contributed by atoms with E-state index in [0.717, 1.165) is 6.92 Å². The van der Waals surface area contributed by atoms with Gasteiger partial charge in [-0.15, -0.1) is 0 Å². The molecule has 1 aromatic heterocycles. The largest absolute Gasteiger partial charge is 0.457 e. The summed E-state index contributed by atoms with van der Waals surface area (Å²) in [5, 5.41) is 19.3. The first-order valence-corrected chi connectivity index (χ1v) is 7.34. The Labute approximate surface area is 131 Å². The fraction of sp³-hybridized carbons (Fsp3) is 0.643. The van der Waals surface area contributed by atoms with Crippen LogP contribution in [0.1, 0.15) is 31.9 Å². The molecule has 0 aliphatic carbocycles. The highest BCUT2D eigenvalue weighted by Gasteiger charge is 2.47. The number of hydrogen-bond acceptors (Lipinski definition) is 7. The van der Waals surface area contributed by atoms with Crippen LogP contribution in [0.5, 0.6) is 0 Å². The number of rotatable bonds is 5. The van der Waals surface area contributed by atoms with Gasteiger partial charge in [-0.25, -0.2) is 4.79 Å². The molecule has 2 heterocycles. The van der Waals surface area contributed by atoms with Crippen LogP contribution >= 0.6 is 0 Å². The molecule has 2 rings (SSSR count). The summed E-state index contributed by atoms with van der Waals surface area (Å²) in [6, 6.07) is 0. The predicted molar refractivity (Wildman–Crippen MR) is 77.9 cm³/mol. The van der Waals surface area contributed by atoms with Gasteiger partial charge in [-0.1, -0.05) is 6.92 Å². The Morgan fingerprint density at radius 1 is 1.48 bits per heavy atom. The number of nitrogens with one attached hydrogen (secondary N) is 1. The molecule has 0 saturated carbocycles. The van der Waals surface area contributed by atoms with E-state index in [4.69, 9.17) is 9.47 Å². The zero-order chi connectivity index (χ0) is 17.1. The SMILES string of the molecule is CCCn1cc([C@@H]2O[C@H](CO)[C@@H](O)[C@H]2OC(C)=O)c(=O)[nH]c1=O. The van der Waals surface area contributed by atoms with Crippen molar-refractivity contribution in [1.29, 1.82) is 0 Å². The van der Waals surface area contributed by atoms with Gasteiger partial charge in [0.2, 0.25) is 0 Å². The first kappa shape index (κ1) is 17.4. The topological polar surface area (TPSA) is 131 Å². The lowest BCUT2D eigenvalue weighted by Gasteiger charge is -2.20. The van der Waals surface area contributed by atoms with Gasteiger partial charge in [0.25, 0.3) is 5.56 Å². The minimum atomic E-state index is -1.28. The van der Waals surface area contributed by atoms with Crippen LogP contribution in [0, 0.1) is 0 Å². The average Bonchev–Trinajstić information content (AvgIpc) is 2.78. The predicted octanol–water partition coefficient (Wildman–Crippen LogP) is -1.33. The Kier molecular flexibility index (Phi) is 5.34. The Bertz CT molecular complexity index is 680. The molecule has 3 N–H and O–H groups in total. The van der Waals surface area contributed by atoms with Crippen molar-refractivity contribution in [3.8, 4) is 0 Å². The van der Waals surface area contributed by atoms with E-state index in [1.807, 2.05) is 6.92 Å². The van der Waals surface area contributed by atoms with Crippen molar-refractivity contribution >= 4 is 5.97 Å². The summed E-state index contributed by atoms with van der Waals surface area (Å²) >= 11 is 0. The Morgan fingerprint density at radius 3 is 2.74 bits per heavy atom. The molecule has 0 unspecified atom stereocenters. The second kappa shape index (κ2) is 7.07. The number of H-pyrrole nitrogens is 1. The smallest absolute Gasteiger partial charge is 0.328 e. The van der Waals surface area contributed by atoms with E-state index in [2.05, 4.69) is 4.98 Å². The zero-order valence-electron chi connectivity index (χ0n) is 12.9. The van der Waals surface area contributed by atoms with Gasteiger partial charge in [0.05, 0.1) is 12.2 Å². The number of aliphatic hydroxyl groups is 2. The molecule has 9 heteroatoms. The van der Waals surface area contributed by atoms with Gasteiger partial charge in [-0.05, 0) is 6.42 Å². The van der Waals surface area contributed by atoms with E-state index in [9.17, 15) is 24.6 Å². The van der Waals surface area contributed by atoms with Crippen molar-refractivity contribution < 1.29 is 24.5 Å². The van der Waals surface area contributed by atoms with Crippen molar-refractivity contribution in [2.75, 3.05) is 6.61 Å². The van der Waals surface area contributed by atoms with Crippen molar-refractivity contribution in [3.05, 3.63) is 32.6 Å². The van der Waals surface area contributed by atoms with Crippen molar-refractivity contribution in [2.45, 2.75) is 51.2 Å². The quantitative estimate of drug-likeness (QED) is 0.571. The van der Waals surface area contributed by atoms with E-state index in [-0.39, 0.29) is 5.56 Å². The second-order valence-corrected chi connectivity index (χ2v) is 5.38. The number of carbonyl (C=O) groups is 1. The van der Waals surface area contributed by atoms with E-state index >= 15 is 0 Å². The van der Waals surface area contributed by atoms with Crippen molar-refractivity contribution in [2.24, 2.45) is 0 Å². The number of hydrogen-bond donors (Lipinski definition) is 3. The molecular weight excluding hydrogens is 308 g/mol. The number of carbonyl (C=O) groups excluding carboxylic acids is 1. The second-order valence-electron chi connectivity index (χ2n) is 5.38. The van der Waals surface area contributed by atoms with Crippen LogP contribution in [-0.4, -0.2) is 50.7 Å². The third-order valence-corrected chi connectivity index (χ3v) is 3.63. The number of aryl methyl sites for hydroxylation is 1. The van der Waals surface area contributed by atoms with E-state index < -0.39 is 48.2 Å². The number of nitrogens with zero attached hydrogens (tertiary/aromatic N) is 1. The summed E-state index contributed by atoms with van der Waals surface area (Å²) < 4.78 is 11.8. The maximum atomic E-state index is 12.1. The summed E-state index contributed by atoms with van der Waals surface area (Å²) in [6.45, 7) is 2.93. The average molecular weight is 328 g/mol. The summed E-state index contributed by atoms with van der Waals surface area (Å²) in [4.78, 5) is 37.2. The monoisotopic (exact) mass is 328 g/mol. The van der Waals surface area contributed by atoms with Gasteiger partial charge in [0.1, 0.15) is 18.3 Å². The molecule has 0 radical (unpaired) electrons. The lowest BCUT2D eigenvalue weighted by atomic mass is 10.0. The van der Waals surface area contributed by atoms with Gasteiger partial charge in [-0.3, -0.25) is 14.6 Å². The minimum Gasteiger partial charge on any atom is -0.457 e. The van der Waals surface area contributed by atoms with Gasteiger partial charge >= 0.3 is 11.7 Å². The lowest BCUT2D eigenvalue weighted by Crippen LogP contribution is -2.38. The molecule has 128 valence electrons. The molecule has 0 spiro atoms. The molecule has 0 aromatic carbocycles. The van der Waals surface area contributed by atoms with Crippen LogP contribution in [0.2, 0.25) is 0 Å². The van der Waals surface area contributed by atoms with E-state index in [0.29, 0.717) is 13.0 Å². The van der Waals surface area contributed by atoms with Crippen molar-refractivity contribution in [3.63, 3.8) is 0 Å². The van der Waals surface area contributed by atoms with E-state index in [1.54, 1.807) is 0 Å². The summed E-state index contributed by atoms with van der Waals surface area (Å²) in [5.41, 5.74) is -1.18. The highest BCUT2D eigenvalue weighted by atomic mass is 16.6. The van der Waals surface area contributed by atoms with Crippen LogP contribution in [0.4, 0.5) is 0 Å². The van der Waals surface area contributed by atoms with Gasteiger partial charge in [0, 0.05) is 19.7 Å².